The Hall–Kier alpha value is -2.90. The van der Waals surface area contributed by atoms with Crippen LogP contribution in [0.3, 0.4) is 0 Å². The standard InChI is InChI=1S/C22H16F16N2O2/c23-15(24)19(31,32)21(35,36)17(27,28)9-41-7-11-1-3-39-13(5-11)14-6-12(2-4-40-14)8-42-10-18(29,30)22(37,38)20(33,34)16(25)26/h1-6,15-16H,7-10H2. The lowest BCUT2D eigenvalue weighted by Crippen LogP contribution is -2.59. The van der Waals surface area contributed by atoms with Gasteiger partial charge >= 0.3 is 48.4 Å². The average Bonchev–Trinajstić information content (AvgIpc) is 2.88. The minimum absolute atomic E-state index is 0.120. The van der Waals surface area contributed by atoms with Gasteiger partial charge in [-0.05, 0) is 35.4 Å². The van der Waals surface area contributed by atoms with Crippen LogP contribution in [0, 0.1) is 0 Å². The van der Waals surface area contributed by atoms with Gasteiger partial charge in [0.1, 0.15) is 13.2 Å². The van der Waals surface area contributed by atoms with E-state index < -0.39 is 74.8 Å². The van der Waals surface area contributed by atoms with E-state index in [-0.39, 0.29) is 22.5 Å². The molecule has 2 heterocycles. The molecule has 20 heteroatoms. The molecule has 0 aliphatic rings. The number of aromatic nitrogens is 2. The van der Waals surface area contributed by atoms with E-state index in [1.165, 1.54) is 0 Å². The minimum Gasteiger partial charge on any atom is -0.370 e. The maximum atomic E-state index is 13.6. The molecule has 0 fully saturated rings. The molecule has 4 nitrogen and oxygen atoms in total. The van der Waals surface area contributed by atoms with E-state index in [9.17, 15) is 70.2 Å². The molecule has 2 aromatic heterocycles. The molecule has 2 aromatic rings. The molecule has 0 radical (unpaired) electrons. The molecule has 0 aliphatic heterocycles. The lowest BCUT2D eigenvalue weighted by molar-refractivity contribution is -0.346. The minimum atomic E-state index is -6.48. The molecule has 0 aliphatic carbocycles. The first kappa shape index (κ1) is 35.3. The smallest absolute Gasteiger partial charge is 0.370 e. The van der Waals surface area contributed by atoms with Crippen LogP contribution in [0.15, 0.2) is 36.7 Å². The average molecular weight is 644 g/mol. The highest BCUT2D eigenvalue weighted by Crippen LogP contribution is 2.49. The van der Waals surface area contributed by atoms with Crippen molar-refractivity contribution in [3.63, 3.8) is 0 Å². The number of halogens is 16. The Morgan fingerprint density at radius 1 is 0.548 bits per heavy atom. The molecule has 0 bridgehead atoms. The van der Waals surface area contributed by atoms with Crippen molar-refractivity contribution in [1.29, 1.82) is 0 Å². The number of hydrogen-bond donors (Lipinski definition) is 0. The van der Waals surface area contributed by atoms with Crippen molar-refractivity contribution in [2.75, 3.05) is 13.2 Å². The number of nitrogens with zero attached hydrogens (tertiary/aromatic N) is 2. The Balaban J connectivity index is 2.07. The number of alkyl halides is 16. The maximum absolute atomic E-state index is 13.6. The quantitative estimate of drug-likeness (QED) is 0.188. The normalized spacial score (nSPS) is 14.2. The molecule has 42 heavy (non-hydrogen) atoms. The van der Waals surface area contributed by atoms with Crippen molar-refractivity contribution in [1.82, 2.24) is 9.97 Å². The van der Waals surface area contributed by atoms with Crippen molar-refractivity contribution >= 4 is 0 Å². The second-order valence-corrected chi connectivity index (χ2v) is 8.49. The van der Waals surface area contributed by atoms with Gasteiger partial charge in [0.15, 0.2) is 0 Å². The topological polar surface area (TPSA) is 44.2 Å². The van der Waals surface area contributed by atoms with Gasteiger partial charge in [-0.1, -0.05) is 0 Å². The predicted octanol–water partition coefficient (Wildman–Crippen LogP) is 7.52. The van der Waals surface area contributed by atoms with Crippen molar-refractivity contribution < 1.29 is 79.7 Å². The molecule has 2 rings (SSSR count). The highest BCUT2D eigenvalue weighted by Gasteiger charge is 2.76. The van der Waals surface area contributed by atoms with Crippen LogP contribution in [-0.4, -0.2) is 71.6 Å². The fourth-order valence-electron chi connectivity index (χ4n) is 2.95. The molecule has 0 aromatic carbocycles. The van der Waals surface area contributed by atoms with Crippen LogP contribution in [-0.2, 0) is 22.7 Å². The van der Waals surface area contributed by atoms with Gasteiger partial charge < -0.3 is 9.47 Å². The summed E-state index contributed by atoms with van der Waals surface area (Å²) >= 11 is 0. The summed E-state index contributed by atoms with van der Waals surface area (Å²) in [6.45, 7) is -6.73. The third-order valence-corrected chi connectivity index (χ3v) is 5.32. The van der Waals surface area contributed by atoms with Gasteiger partial charge in [-0.25, -0.2) is 17.6 Å². The summed E-state index contributed by atoms with van der Waals surface area (Å²) in [6, 6.07) is 4.19. The highest BCUT2D eigenvalue weighted by atomic mass is 19.4. The van der Waals surface area contributed by atoms with E-state index in [4.69, 9.17) is 0 Å². The van der Waals surface area contributed by atoms with Gasteiger partial charge in [-0.2, -0.15) is 52.7 Å². The van der Waals surface area contributed by atoms with Crippen LogP contribution < -0.4 is 0 Å². The molecule has 0 N–H and O–H groups in total. The van der Waals surface area contributed by atoms with Crippen LogP contribution in [0.25, 0.3) is 11.4 Å². The summed E-state index contributed by atoms with van der Waals surface area (Å²) in [5.41, 5.74) is -0.532. The van der Waals surface area contributed by atoms with Crippen molar-refractivity contribution in [2.45, 2.75) is 61.6 Å². The maximum Gasteiger partial charge on any atom is 0.380 e. The van der Waals surface area contributed by atoms with Crippen molar-refractivity contribution in [3.8, 4) is 11.4 Å². The van der Waals surface area contributed by atoms with Crippen LogP contribution in [0.5, 0.6) is 0 Å². The van der Waals surface area contributed by atoms with E-state index in [1.807, 2.05) is 0 Å². The summed E-state index contributed by atoms with van der Waals surface area (Å²) in [7, 11) is 0. The highest BCUT2D eigenvalue weighted by molar-refractivity contribution is 5.55. The molecule has 0 spiro atoms. The van der Waals surface area contributed by atoms with E-state index >= 15 is 0 Å². The fraction of sp³-hybridized carbons (Fsp3) is 0.545. The van der Waals surface area contributed by atoms with Crippen LogP contribution in [0.4, 0.5) is 70.2 Å². The van der Waals surface area contributed by atoms with E-state index in [0.29, 0.717) is 0 Å². The molecular weight excluding hydrogens is 628 g/mol. The molecule has 0 saturated heterocycles. The van der Waals surface area contributed by atoms with Gasteiger partial charge in [0.25, 0.3) is 0 Å². The van der Waals surface area contributed by atoms with E-state index in [2.05, 4.69) is 19.4 Å². The summed E-state index contributed by atoms with van der Waals surface area (Å²) in [5, 5.41) is 0. The zero-order chi connectivity index (χ0) is 32.4. The second-order valence-electron chi connectivity index (χ2n) is 8.49. The Morgan fingerprint density at radius 3 is 1.14 bits per heavy atom. The van der Waals surface area contributed by atoms with Crippen LogP contribution in [0.1, 0.15) is 11.1 Å². The lowest BCUT2D eigenvalue weighted by Gasteiger charge is -2.32. The Labute approximate surface area is 224 Å². The van der Waals surface area contributed by atoms with Gasteiger partial charge in [-0.3, -0.25) is 9.97 Å². The molecular formula is C22H16F16N2O2. The second kappa shape index (κ2) is 12.4. The Morgan fingerprint density at radius 2 is 0.857 bits per heavy atom. The van der Waals surface area contributed by atoms with Gasteiger partial charge in [0.05, 0.1) is 24.6 Å². The molecule has 238 valence electrons. The number of pyridine rings is 2. The van der Waals surface area contributed by atoms with Crippen LogP contribution >= 0.6 is 0 Å². The SMILES string of the molecule is FC(F)C(F)(F)C(F)(F)C(F)(F)COCc1ccnc(-c2cc(COCC(F)(F)C(F)(F)C(F)(F)C(F)F)ccn2)c1. The van der Waals surface area contributed by atoms with E-state index in [0.717, 1.165) is 36.7 Å². The summed E-state index contributed by atoms with van der Waals surface area (Å²) < 4.78 is 217. The Kier molecular flexibility index (Phi) is 10.4. The monoisotopic (exact) mass is 644 g/mol. The first-order valence-electron chi connectivity index (χ1n) is 10.9. The van der Waals surface area contributed by atoms with Gasteiger partial charge in [0, 0.05) is 12.4 Å². The molecule has 0 unspecified atom stereocenters. The molecule has 0 saturated carbocycles. The summed E-state index contributed by atoms with van der Waals surface area (Å²) in [4.78, 5) is 7.62. The van der Waals surface area contributed by atoms with Crippen molar-refractivity contribution in [2.24, 2.45) is 0 Å². The van der Waals surface area contributed by atoms with Crippen molar-refractivity contribution in [3.05, 3.63) is 47.8 Å². The summed E-state index contributed by atoms with van der Waals surface area (Å²) in [6.07, 6.45) is -8.24. The number of rotatable bonds is 15. The predicted molar refractivity (Wildman–Crippen MR) is 108 cm³/mol. The zero-order valence-electron chi connectivity index (χ0n) is 20.2. The van der Waals surface area contributed by atoms with E-state index in [1.54, 1.807) is 0 Å². The first-order valence-corrected chi connectivity index (χ1v) is 10.9. The van der Waals surface area contributed by atoms with Crippen LogP contribution in [0.2, 0.25) is 0 Å². The number of ether oxygens (including phenoxy) is 2. The third kappa shape index (κ3) is 7.00. The summed E-state index contributed by atoms with van der Waals surface area (Å²) in [5.74, 6) is -37.2. The third-order valence-electron chi connectivity index (χ3n) is 5.32. The fourth-order valence-corrected chi connectivity index (χ4v) is 2.95. The zero-order valence-corrected chi connectivity index (χ0v) is 20.2. The van der Waals surface area contributed by atoms with Gasteiger partial charge in [0.2, 0.25) is 0 Å². The molecule has 0 amide bonds. The molecule has 0 atom stereocenters. The lowest BCUT2D eigenvalue weighted by atomic mass is 10.1. The largest absolute Gasteiger partial charge is 0.380 e. The Bertz CT molecular complexity index is 1100. The number of hydrogen-bond acceptors (Lipinski definition) is 4. The van der Waals surface area contributed by atoms with Gasteiger partial charge in [-0.15, -0.1) is 0 Å². The first-order chi connectivity index (χ1) is 19.0.